The molecule has 2 rings (SSSR count). The predicted octanol–water partition coefficient (Wildman–Crippen LogP) is 2.21. The van der Waals surface area contributed by atoms with Crippen molar-refractivity contribution >= 4 is 33.2 Å². The fourth-order valence-corrected chi connectivity index (χ4v) is 3.71. The molecule has 0 bridgehead atoms. The summed E-state index contributed by atoms with van der Waals surface area (Å²) in [6.07, 6.45) is 0. The zero-order valence-corrected chi connectivity index (χ0v) is 16.7. The summed E-state index contributed by atoms with van der Waals surface area (Å²) in [5.74, 6) is -0.613. The molecule has 9 heteroatoms. The van der Waals surface area contributed by atoms with Gasteiger partial charge in [-0.1, -0.05) is 6.07 Å². The van der Waals surface area contributed by atoms with E-state index in [1.807, 2.05) is 0 Å². The van der Waals surface area contributed by atoms with Gasteiger partial charge in [-0.3, -0.25) is 9.59 Å². The van der Waals surface area contributed by atoms with Gasteiger partial charge in [0, 0.05) is 37.0 Å². The van der Waals surface area contributed by atoms with Gasteiger partial charge in [0.25, 0.3) is 5.91 Å². The number of carbonyl (C=O) groups excluding carboxylic acids is 2. The molecule has 1 unspecified atom stereocenters. The number of benzene rings is 2. The van der Waals surface area contributed by atoms with Crippen molar-refractivity contribution in [3.8, 4) is 0 Å². The van der Waals surface area contributed by atoms with E-state index in [0.29, 0.717) is 16.9 Å². The fraction of sp³-hybridized carbons (Fsp3) is 0.263. The molecule has 0 aromatic heterocycles. The lowest BCUT2D eigenvalue weighted by atomic mass is 10.2. The third kappa shape index (κ3) is 6.15. The van der Waals surface area contributed by atoms with E-state index in [4.69, 9.17) is 4.74 Å². The third-order valence-corrected chi connectivity index (χ3v) is 5.25. The molecule has 8 nitrogen and oxygen atoms in total. The number of sulfonamides is 1. The van der Waals surface area contributed by atoms with Crippen LogP contribution in [0, 0.1) is 0 Å². The van der Waals surface area contributed by atoms with E-state index in [1.54, 1.807) is 31.2 Å². The van der Waals surface area contributed by atoms with E-state index < -0.39 is 10.0 Å². The second-order valence-electron chi connectivity index (χ2n) is 6.22. The van der Waals surface area contributed by atoms with E-state index in [1.165, 1.54) is 38.3 Å². The number of hydrogen-bond acceptors (Lipinski definition) is 5. The zero-order valence-electron chi connectivity index (χ0n) is 15.9. The monoisotopic (exact) mass is 405 g/mol. The van der Waals surface area contributed by atoms with E-state index >= 15 is 0 Å². The van der Waals surface area contributed by atoms with E-state index in [9.17, 15) is 18.0 Å². The van der Waals surface area contributed by atoms with Gasteiger partial charge in [-0.25, -0.2) is 13.1 Å². The number of amides is 2. The largest absolute Gasteiger partial charge is 0.383 e. The molecule has 0 spiro atoms. The molecule has 2 aromatic carbocycles. The smallest absolute Gasteiger partial charge is 0.255 e. The number of anilines is 2. The molecule has 0 heterocycles. The number of ether oxygens (including phenoxy) is 1. The first kappa shape index (κ1) is 21.5. The second-order valence-corrected chi connectivity index (χ2v) is 7.93. The SMILES string of the molecule is COCC(C)NS(=O)(=O)c1ccc(NC(=O)c2cccc(NC(C)=O)c2)cc1. The first-order valence-corrected chi connectivity index (χ1v) is 10.00. The Morgan fingerprint density at radius 3 is 2.32 bits per heavy atom. The van der Waals surface area contributed by atoms with Gasteiger partial charge in [-0.15, -0.1) is 0 Å². The minimum atomic E-state index is -3.68. The summed E-state index contributed by atoms with van der Waals surface area (Å²) < 4.78 is 32.0. The molecule has 28 heavy (non-hydrogen) atoms. The van der Waals surface area contributed by atoms with Crippen molar-refractivity contribution in [2.24, 2.45) is 0 Å². The fourth-order valence-electron chi connectivity index (χ4n) is 2.48. The first-order valence-electron chi connectivity index (χ1n) is 8.51. The Kier molecular flexibility index (Phi) is 7.27. The van der Waals surface area contributed by atoms with Gasteiger partial charge < -0.3 is 15.4 Å². The van der Waals surface area contributed by atoms with Crippen LogP contribution in [0.5, 0.6) is 0 Å². The Labute approximate surface area is 164 Å². The topological polar surface area (TPSA) is 114 Å². The Bertz CT molecular complexity index is 942. The highest BCUT2D eigenvalue weighted by Gasteiger charge is 2.17. The number of methoxy groups -OCH3 is 1. The van der Waals surface area contributed by atoms with E-state index in [-0.39, 0.29) is 29.4 Å². The van der Waals surface area contributed by atoms with Crippen LogP contribution in [0.15, 0.2) is 53.4 Å². The summed E-state index contributed by atoms with van der Waals surface area (Å²) in [7, 11) is -2.18. The highest BCUT2D eigenvalue weighted by atomic mass is 32.2. The molecule has 0 saturated carbocycles. The van der Waals surface area contributed by atoms with Crippen molar-refractivity contribution in [2.45, 2.75) is 24.8 Å². The molecule has 0 aliphatic heterocycles. The van der Waals surface area contributed by atoms with Gasteiger partial charge >= 0.3 is 0 Å². The highest BCUT2D eigenvalue weighted by molar-refractivity contribution is 7.89. The molecule has 2 amide bonds. The molecule has 0 aliphatic carbocycles. The summed E-state index contributed by atoms with van der Waals surface area (Å²) in [5, 5.41) is 5.30. The molecule has 2 aromatic rings. The molecule has 0 radical (unpaired) electrons. The van der Waals surface area contributed by atoms with E-state index in [0.717, 1.165) is 0 Å². The third-order valence-electron chi connectivity index (χ3n) is 3.64. The number of rotatable bonds is 8. The summed E-state index contributed by atoms with van der Waals surface area (Å²) in [6, 6.07) is 12.0. The molecule has 1 atom stereocenters. The molecule has 0 saturated heterocycles. The molecule has 150 valence electrons. The Morgan fingerprint density at radius 2 is 1.71 bits per heavy atom. The lowest BCUT2D eigenvalue weighted by Gasteiger charge is -2.13. The maximum absolute atomic E-state index is 12.4. The summed E-state index contributed by atoms with van der Waals surface area (Å²) in [6.45, 7) is 3.34. The van der Waals surface area contributed by atoms with Crippen LogP contribution in [-0.4, -0.2) is 40.0 Å². The van der Waals surface area contributed by atoms with Gasteiger partial charge in [-0.05, 0) is 49.4 Å². The molecular weight excluding hydrogens is 382 g/mol. The molecule has 0 fully saturated rings. The van der Waals surface area contributed by atoms with Gasteiger partial charge in [0.15, 0.2) is 0 Å². The van der Waals surface area contributed by atoms with Crippen molar-refractivity contribution < 1.29 is 22.7 Å². The van der Waals surface area contributed by atoms with E-state index in [2.05, 4.69) is 15.4 Å². The normalized spacial score (nSPS) is 12.2. The van der Waals surface area contributed by atoms with Gasteiger partial charge in [-0.2, -0.15) is 0 Å². The highest BCUT2D eigenvalue weighted by Crippen LogP contribution is 2.17. The summed E-state index contributed by atoms with van der Waals surface area (Å²) in [4.78, 5) is 23.6. The second kappa shape index (κ2) is 9.45. The van der Waals surface area contributed by atoms with Crippen molar-refractivity contribution in [2.75, 3.05) is 24.4 Å². The lowest BCUT2D eigenvalue weighted by Crippen LogP contribution is -2.35. The van der Waals surface area contributed by atoms with Crippen LogP contribution in [0.3, 0.4) is 0 Å². The standard InChI is InChI=1S/C19H23N3O5S/c1-13(12-27-3)22-28(25,26)18-9-7-16(8-10-18)21-19(24)15-5-4-6-17(11-15)20-14(2)23/h4-11,13,22H,12H2,1-3H3,(H,20,23)(H,21,24). The van der Waals surface area contributed by atoms with Crippen LogP contribution >= 0.6 is 0 Å². The summed E-state index contributed by atoms with van der Waals surface area (Å²) >= 11 is 0. The predicted molar refractivity (Wildman–Crippen MR) is 107 cm³/mol. The van der Waals surface area contributed by atoms with Crippen LogP contribution in [0.4, 0.5) is 11.4 Å². The maximum atomic E-state index is 12.4. The van der Waals surface area contributed by atoms with Crippen molar-refractivity contribution in [3.63, 3.8) is 0 Å². The van der Waals surface area contributed by atoms with Gasteiger partial charge in [0.2, 0.25) is 15.9 Å². The number of nitrogens with one attached hydrogen (secondary N) is 3. The minimum absolute atomic E-state index is 0.0844. The van der Waals surface area contributed by atoms with Crippen molar-refractivity contribution in [1.82, 2.24) is 4.72 Å². The number of hydrogen-bond donors (Lipinski definition) is 3. The van der Waals surface area contributed by atoms with Gasteiger partial charge in [0.1, 0.15) is 0 Å². The maximum Gasteiger partial charge on any atom is 0.255 e. The van der Waals surface area contributed by atoms with Gasteiger partial charge in [0.05, 0.1) is 11.5 Å². The first-order chi connectivity index (χ1) is 13.2. The zero-order chi connectivity index (χ0) is 20.7. The number of carbonyl (C=O) groups is 2. The summed E-state index contributed by atoms with van der Waals surface area (Å²) in [5.41, 5.74) is 1.31. The molecule has 0 aliphatic rings. The lowest BCUT2D eigenvalue weighted by molar-refractivity contribution is -0.114. The average Bonchev–Trinajstić information content (AvgIpc) is 2.61. The Hall–Kier alpha value is -2.75. The molecular formula is C19H23N3O5S. The van der Waals surface area contributed by atoms with Crippen LogP contribution in [0.1, 0.15) is 24.2 Å². The van der Waals surface area contributed by atoms with Crippen molar-refractivity contribution in [3.05, 3.63) is 54.1 Å². The average molecular weight is 405 g/mol. The van der Waals surface area contributed by atoms with Crippen LogP contribution in [0.2, 0.25) is 0 Å². The Morgan fingerprint density at radius 1 is 1.04 bits per heavy atom. The van der Waals surface area contributed by atoms with Crippen molar-refractivity contribution in [1.29, 1.82) is 0 Å². The minimum Gasteiger partial charge on any atom is -0.383 e. The molecule has 3 N–H and O–H groups in total. The van der Waals surface area contributed by atoms with Crippen LogP contribution < -0.4 is 15.4 Å². The quantitative estimate of drug-likeness (QED) is 0.623. The van der Waals surface area contributed by atoms with Crippen LogP contribution in [-0.2, 0) is 19.6 Å². The van der Waals surface area contributed by atoms with Crippen LogP contribution in [0.25, 0.3) is 0 Å². The Balaban J connectivity index is 2.08.